The molecule has 3 rings (SSSR count). The molecular formula is C26H34N4O4S. The summed E-state index contributed by atoms with van der Waals surface area (Å²) >= 11 is 1.58. The van der Waals surface area contributed by atoms with Crippen LogP contribution in [0.15, 0.2) is 41.5 Å². The van der Waals surface area contributed by atoms with Gasteiger partial charge in [-0.2, -0.15) is 0 Å². The summed E-state index contributed by atoms with van der Waals surface area (Å²) in [6, 6.07) is 6.76. The van der Waals surface area contributed by atoms with Crippen molar-refractivity contribution < 1.29 is 19.5 Å². The van der Waals surface area contributed by atoms with Crippen molar-refractivity contribution >= 4 is 28.9 Å². The molecule has 0 aliphatic carbocycles. The predicted octanol–water partition coefficient (Wildman–Crippen LogP) is 2.96. The van der Waals surface area contributed by atoms with E-state index in [2.05, 4.69) is 10.3 Å². The molecule has 0 unspecified atom stereocenters. The summed E-state index contributed by atoms with van der Waals surface area (Å²) in [7, 11) is 0. The van der Waals surface area contributed by atoms with Crippen LogP contribution < -0.4 is 11.1 Å². The molecule has 1 aliphatic rings. The number of nitrogens with two attached hydrogens (primary N) is 1. The van der Waals surface area contributed by atoms with Gasteiger partial charge in [0.15, 0.2) is 5.78 Å². The van der Waals surface area contributed by atoms with Crippen LogP contribution in [0.3, 0.4) is 0 Å². The number of rotatable bonds is 8. The number of carbonyl (C=O) groups is 3. The number of aromatic nitrogens is 1. The first-order valence-electron chi connectivity index (χ1n) is 11.8. The van der Waals surface area contributed by atoms with Gasteiger partial charge >= 0.3 is 0 Å². The lowest BCUT2D eigenvalue weighted by Crippen LogP contribution is -2.50. The molecule has 1 fully saturated rings. The number of thiazole rings is 1. The molecule has 2 heterocycles. The summed E-state index contributed by atoms with van der Waals surface area (Å²) in [6.45, 7) is 8.99. The second-order valence-corrected chi connectivity index (χ2v) is 10.4. The van der Waals surface area contributed by atoms with Gasteiger partial charge in [-0.1, -0.05) is 38.1 Å². The molecule has 1 saturated heterocycles. The minimum absolute atomic E-state index is 0.00994. The summed E-state index contributed by atoms with van der Waals surface area (Å²) in [5.74, 6) is -2.46. The average molecular weight is 499 g/mol. The van der Waals surface area contributed by atoms with Gasteiger partial charge in [0.25, 0.3) is 0 Å². The topological polar surface area (TPSA) is 126 Å². The molecule has 0 saturated carbocycles. The number of β-amino-alcohol motifs (C(OH)–C–C–N with tert-alkyl or cyclic N) is 1. The summed E-state index contributed by atoms with van der Waals surface area (Å²) in [4.78, 5) is 45.9. The number of hydrogen-bond donors (Lipinski definition) is 3. The molecule has 2 aromatic rings. The molecular weight excluding hydrogens is 464 g/mol. The highest BCUT2D eigenvalue weighted by atomic mass is 32.1. The van der Waals surface area contributed by atoms with E-state index in [1.807, 2.05) is 43.6 Å². The van der Waals surface area contributed by atoms with Crippen LogP contribution in [-0.2, 0) is 14.4 Å². The van der Waals surface area contributed by atoms with Crippen LogP contribution in [0.5, 0.6) is 0 Å². The van der Waals surface area contributed by atoms with Gasteiger partial charge in [0.05, 0.1) is 28.2 Å². The Hall–Kier alpha value is -3.04. The number of nitrogens with one attached hydrogen (secondary N) is 1. The number of aliphatic hydroxyl groups excluding tert-OH is 1. The first-order chi connectivity index (χ1) is 16.5. The van der Waals surface area contributed by atoms with E-state index < -0.39 is 29.8 Å². The van der Waals surface area contributed by atoms with Gasteiger partial charge in [-0.15, -0.1) is 11.3 Å². The first-order valence-corrected chi connectivity index (χ1v) is 12.6. The molecule has 1 aromatic heterocycles. The maximum absolute atomic E-state index is 13.3. The number of carbonyl (C=O) groups excluding carboxylic acids is 3. The van der Waals surface area contributed by atoms with Crippen molar-refractivity contribution in [2.24, 2.45) is 17.6 Å². The molecule has 8 nitrogen and oxygen atoms in total. The van der Waals surface area contributed by atoms with E-state index in [9.17, 15) is 19.5 Å². The number of aryl methyl sites for hydroxylation is 1. The maximum atomic E-state index is 13.3. The average Bonchev–Trinajstić information content (AvgIpc) is 3.38. The van der Waals surface area contributed by atoms with Crippen molar-refractivity contribution in [2.45, 2.75) is 59.2 Å². The van der Waals surface area contributed by atoms with E-state index in [4.69, 9.17) is 5.73 Å². The maximum Gasteiger partial charge on any atom is 0.243 e. The van der Waals surface area contributed by atoms with Crippen LogP contribution in [0.25, 0.3) is 10.4 Å². The number of hydrogen-bond acceptors (Lipinski definition) is 7. The fourth-order valence-corrected chi connectivity index (χ4v) is 5.24. The molecule has 188 valence electrons. The third-order valence-corrected chi connectivity index (χ3v) is 7.23. The lowest BCUT2D eigenvalue weighted by Gasteiger charge is -2.29. The van der Waals surface area contributed by atoms with Gasteiger partial charge in [0, 0.05) is 24.7 Å². The fourth-order valence-electron chi connectivity index (χ4n) is 4.43. The monoisotopic (exact) mass is 498 g/mol. The number of benzene rings is 1. The Balaban J connectivity index is 1.73. The highest BCUT2D eigenvalue weighted by Crippen LogP contribution is 2.29. The Morgan fingerprint density at radius 1 is 1.23 bits per heavy atom. The smallest absolute Gasteiger partial charge is 0.243 e. The number of amides is 2. The minimum atomic E-state index is -0.964. The number of aliphatic hydroxyl groups is 1. The van der Waals surface area contributed by atoms with Crippen LogP contribution in [0, 0.1) is 18.8 Å². The highest BCUT2D eigenvalue weighted by Gasteiger charge is 2.43. The molecule has 1 aliphatic heterocycles. The fraction of sp³-hybridized carbons (Fsp3) is 0.462. The van der Waals surface area contributed by atoms with Crippen molar-refractivity contribution in [1.82, 2.24) is 15.2 Å². The van der Waals surface area contributed by atoms with E-state index in [1.165, 1.54) is 11.0 Å². The normalized spacial score (nSPS) is 20.1. The van der Waals surface area contributed by atoms with Crippen LogP contribution in [-0.4, -0.2) is 51.3 Å². The van der Waals surface area contributed by atoms with E-state index in [0.717, 1.165) is 21.7 Å². The van der Waals surface area contributed by atoms with E-state index in [0.29, 0.717) is 5.70 Å². The molecule has 1 aromatic carbocycles. The van der Waals surface area contributed by atoms with E-state index in [1.54, 1.807) is 32.1 Å². The molecule has 9 heteroatoms. The number of ketones is 1. The van der Waals surface area contributed by atoms with Crippen molar-refractivity contribution in [3.63, 3.8) is 0 Å². The Kier molecular flexibility index (Phi) is 8.45. The van der Waals surface area contributed by atoms with Crippen LogP contribution in [0.4, 0.5) is 0 Å². The van der Waals surface area contributed by atoms with Gasteiger partial charge in [0.1, 0.15) is 12.0 Å². The Bertz CT molecular complexity index is 1100. The summed E-state index contributed by atoms with van der Waals surface area (Å²) in [6.07, 6.45) is 0.545. The number of nitrogens with zero attached hydrogens (tertiary/aromatic N) is 2. The SMILES string of the molecule is C/C(N)=C/C(=O)[C@H](C(=O)N1C[C@H](O)C[C@H]1C(=O)N[C@@H](C)c1ccc(-c2scnc2C)cc1)C(C)C. The lowest BCUT2D eigenvalue weighted by molar-refractivity contribution is -0.146. The predicted molar refractivity (Wildman–Crippen MR) is 136 cm³/mol. The minimum Gasteiger partial charge on any atom is -0.402 e. The largest absolute Gasteiger partial charge is 0.402 e. The second-order valence-electron chi connectivity index (χ2n) is 9.53. The van der Waals surface area contributed by atoms with Gasteiger partial charge in [-0.25, -0.2) is 4.98 Å². The van der Waals surface area contributed by atoms with Crippen molar-refractivity contribution in [2.75, 3.05) is 6.54 Å². The molecule has 0 radical (unpaired) electrons. The Morgan fingerprint density at radius 2 is 1.89 bits per heavy atom. The summed E-state index contributed by atoms with van der Waals surface area (Å²) < 4.78 is 0. The van der Waals surface area contributed by atoms with Crippen molar-refractivity contribution in [3.8, 4) is 10.4 Å². The van der Waals surface area contributed by atoms with E-state index >= 15 is 0 Å². The van der Waals surface area contributed by atoms with Gasteiger partial charge < -0.3 is 21.1 Å². The molecule has 2 amide bonds. The number of likely N-dealkylation sites (tertiary alicyclic amines) is 1. The zero-order chi connectivity index (χ0) is 25.9. The molecule has 0 spiro atoms. The second kappa shape index (κ2) is 11.1. The summed E-state index contributed by atoms with van der Waals surface area (Å²) in [5.41, 5.74) is 10.7. The van der Waals surface area contributed by atoms with Crippen LogP contribution >= 0.6 is 11.3 Å². The van der Waals surface area contributed by atoms with Crippen molar-refractivity contribution in [1.29, 1.82) is 0 Å². The van der Waals surface area contributed by atoms with Crippen LogP contribution in [0.2, 0.25) is 0 Å². The van der Waals surface area contributed by atoms with Crippen LogP contribution in [0.1, 0.15) is 51.4 Å². The standard InChI is InChI=1S/C26H34N4O4S/c1-14(2)23(22(32)10-15(3)27)26(34)30-12-20(31)11-21(30)25(33)29-16(4)18-6-8-19(9-7-18)24-17(5)28-13-35-24/h6-10,13-14,16,20-21,23,31H,11-12,27H2,1-5H3,(H,29,33)/b15-10-/t16-,20+,21-,23+/m0/s1. The Labute approximate surface area is 210 Å². The third-order valence-electron chi connectivity index (χ3n) is 6.25. The zero-order valence-electron chi connectivity index (χ0n) is 20.8. The number of allylic oxidation sites excluding steroid dienone is 2. The molecule has 35 heavy (non-hydrogen) atoms. The molecule has 4 N–H and O–H groups in total. The highest BCUT2D eigenvalue weighted by molar-refractivity contribution is 7.13. The first kappa shape index (κ1) is 26.6. The Morgan fingerprint density at radius 3 is 2.43 bits per heavy atom. The quantitative estimate of drug-likeness (QED) is 0.380. The van der Waals surface area contributed by atoms with Gasteiger partial charge in [-0.3, -0.25) is 14.4 Å². The van der Waals surface area contributed by atoms with Crippen molar-refractivity contribution in [3.05, 3.63) is 52.8 Å². The summed E-state index contributed by atoms with van der Waals surface area (Å²) in [5, 5.41) is 13.2. The molecule has 0 bridgehead atoms. The van der Waals surface area contributed by atoms with E-state index in [-0.39, 0.29) is 30.8 Å². The van der Waals surface area contributed by atoms with Gasteiger partial charge in [0.2, 0.25) is 11.8 Å². The lowest BCUT2D eigenvalue weighted by atomic mass is 9.89. The zero-order valence-corrected chi connectivity index (χ0v) is 21.6. The van der Waals surface area contributed by atoms with Gasteiger partial charge in [-0.05, 0) is 37.8 Å². The molecule has 4 atom stereocenters. The third kappa shape index (κ3) is 6.15.